The topological polar surface area (TPSA) is 304 Å². The van der Waals surface area contributed by atoms with Gasteiger partial charge in [-0.15, -0.1) is 0 Å². The second kappa shape index (κ2) is 31.0. The van der Waals surface area contributed by atoms with Crippen LogP contribution in [0, 0.1) is 23.2 Å². The summed E-state index contributed by atoms with van der Waals surface area (Å²) in [5, 5.41) is 49.1. The van der Waals surface area contributed by atoms with Gasteiger partial charge in [-0.05, 0) is 70.1 Å². The Bertz CT molecular complexity index is 1820. The normalized spacial score (nSPS) is 23.9. The van der Waals surface area contributed by atoms with E-state index >= 15 is 0 Å². The van der Waals surface area contributed by atoms with Crippen LogP contribution in [-0.2, 0) is 49.5 Å². The average Bonchev–Trinajstić information content (AvgIpc) is 3.26. The molecule has 0 radical (unpaired) electrons. The number of cyclic esters (lactones) is 1. The molecule has 1 heterocycles. The number of amides is 5. The van der Waals surface area contributed by atoms with Crippen molar-refractivity contribution < 1.29 is 58.4 Å². The quantitative estimate of drug-likeness (QED) is 0.0401. The van der Waals surface area contributed by atoms with Gasteiger partial charge in [-0.2, -0.15) is 0 Å². The van der Waals surface area contributed by atoms with Gasteiger partial charge in [0.25, 0.3) is 0 Å². The van der Waals surface area contributed by atoms with E-state index in [9.17, 15) is 53.7 Å². The Balaban J connectivity index is 2.34. The Morgan fingerprint density at radius 1 is 0.794 bits per heavy atom. The van der Waals surface area contributed by atoms with Crippen LogP contribution in [-0.4, -0.2) is 111 Å². The number of hydrogen-bond donors (Lipinski definition) is 9. The molecule has 1 aliphatic rings. The Kier molecular flexibility index (Phi) is 26.9. The molecule has 1 aromatic carbocycles. The molecule has 1 fully saturated rings. The van der Waals surface area contributed by atoms with E-state index in [1.54, 1.807) is 13.8 Å². The summed E-state index contributed by atoms with van der Waals surface area (Å²) in [7, 11) is 0. The van der Waals surface area contributed by atoms with Crippen LogP contribution < -0.4 is 27.0 Å². The maximum atomic E-state index is 14.3. The molecule has 382 valence electrons. The van der Waals surface area contributed by atoms with Crippen molar-refractivity contribution in [2.75, 3.05) is 0 Å². The fourth-order valence-corrected chi connectivity index (χ4v) is 8.15. The number of aromatic hydroxyl groups is 1. The number of aliphatic hydroxyl groups is 2. The first-order chi connectivity index (χ1) is 32.1. The number of benzene rings is 1. The summed E-state index contributed by atoms with van der Waals surface area (Å²) in [6.45, 7) is 9.25. The molecule has 0 saturated carbocycles. The lowest BCUT2D eigenvalue weighted by molar-refractivity contribution is -0.157. The largest absolute Gasteiger partial charge is 0.508 e. The molecule has 10 N–H and O–H groups in total. The molecule has 0 bridgehead atoms. The zero-order valence-corrected chi connectivity index (χ0v) is 41.1. The molecule has 10 unspecified atom stereocenters. The molecule has 10 atom stereocenters. The number of hydrogen-bond acceptors (Lipinski definition) is 13. The molecule has 2 rings (SSSR count). The minimum Gasteiger partial charge on any atom is -0.508 e. The van der Waals surface area contributed by atoms with Crippen LogP contribution in [0.1, 0.15) is 163 Å². The van der Waals surface area contributed by atoms with Gasteiger partial charge in [0, 0.05) is 24.5 Å². The molecular weight excluding hydrogens is 877 g/mol. The van der Waals surface area contributed by atoms with Crippen molar-refractivity contribution >= 4 is 52.8 Å². The van der Waals surface area contributed by atoms with Gasteiger partial charge in [-0.1, -0.05) is 104 Å². The van der Waals surface area contributed by atoms with Crippen molar-refractivity contribution in [3.05, 3.63) is 29.8 Å². The number of ether oxygens (including phenoxy) is 1. The van der Waals surface area contributed by atoms with Gasteiger partial charge in [0.2, 0.25) is 29.5 Å². The molecule has 18 heteroatoms. The molecule has 1 aliphatic heterocycles. The summed E-state index contributed by atoms with van der Waals surface area (Å²) in [5.74, 6) is -9.82. The van der Waals surface area contributed by atoms with Crippen molar-refractivity contribution in [3.8, 4) is 5.75 Å². The zero-order valence-electron chi connectivity index (χ0n) is 41.1. The molecular formula is C50H80N6O12. The molecule has 1 aromatic rings. The van der Waals surface area contributed by atoms with E-state index < -0.39 is 127 Å². The van der Waals surface area contributed by atoms with Gasteiger partial charge in [-0.25, -0.2) is 0 Å². The number of carbonyl (C=O) groups excluding carboxylic acids is 8. The van der Waals surface area contributed by atoms with E-state index in [4.69, 9.17) is 15.9 Å². The number of nitrogens with two attached hydrogens (primary N) is 1. The number of phenols is 1. The Morgan fingerprint density at radius 3 is 1.90 bits per heavy atom. The van der Waals surface area contributed by atoms with Gasteiger partial charge < -0.3 is 52.5 Å². The second-order valence-corrected chi connectivity index (χ2v) is 18.9. The summed E-state index contributed by atoms with van der Waals surface area (Å²) in [6.07, 6.45) is 7.18. The third-order valence-corrected chi connectivity index (χ3v) is 12.6. The minimum atomic E-state index is -1.68. The number of esters is 1. The van der Waals surface area contributed by atoms with Crippen LogP contribution in [0.25, 0.3) is 0 Å². The Labute approximate surface area is 401 Å². The first-order valence-corrected chi connectivity index (χ1v) is 24.6. The van der Waals surface area contributed by atoms with Gasteiger partial charge in [0.1, 0.15) is 23.9 Å². The number of Topliss-reactive ketones (excluding diaryl/α,β-unsaturated/α-hetero) is 2. The lowest BCUT2D eigenvalue weighted by Gasteiger charge is -2.30. The van der Waals surface area contributed by atoms with Crippen molar-refractivity contribution in [3.63, 3.8) is 0 Å². The van der Waals surface area contributed by atoms with E-state index in [-0.39, 0.29) is 18.6 Å². The Morgan fingerprint density at radius 2 is 1.35 bits per heavy atom. The van der Waals surface area contributed by atoms with E-state index in [1.807, 2.05) is 6.92 Å². The molecule has 1 saturated heterocycles. The highest BCUT2D eigenvalue weighted by Crippen LogP contribution is 2.22. The lowest BCUT2D eigenvalue weighted by atomic mass is 9.86. The van der Waals surface area contributed by atoms with E-state index in [1.165, 1.54) is 70.7 Å². The van der Waals surface area contributed by atoms with Crippen molar-refractivity contribution in [1.82, 2.24) is 21.3 Å². The first kappa shape index (κ1) is 58.9. The average molecular weight is 957 g/mol. The number of ketones is 2. The number of unbranched alkanes of at least 4 members (excludes halogenated alkanes) is 10. The maximum Gasteiger partial charge on any atom is 0.309 e. The van der Waals surface area contributed by atoms with E-state index in [0.717, 1.165) is 50.7 Å². The summed E-state index contributed by atoms with van der Waals surface area (Å²) in [5.41, 5.74) is 6.67. The standard InChI is InChI=1S/C50H80N6O12/c1-7-30(2)44-41(61)27-36(26-35-21-23-37(58)24-22-35)47(64)56-45(33(5)57)48(65)53-39(29-42(52)62)40(60)25-31(3)50(67)68-34(6)46(49(66)55-44)54-43(63)28-38(59)20-18-16-14-12-10-8-9-11-13-15-17-19-32(4)51/h21-24,30-31,33-34,36,38-39,44-46,51,57-59H,7-20,25-29H2,1-6H3,(H2,52,62)(H,53,65)(H,54,63)(H,55,66)(H,56,64). The third kappa shape index (κ3) is 22.3. The number of carbonyl (C=O) groups is 8. The summed E-state index contributed by atoms with van der Waals surface area (Å²) in [6, 6.07) is -0.220. The fourth-order valence-electron chi connectivity index (χ4n) is 8.15. The maximum absolute atomic E-state index is 14.3. The highest BCUT2D eigenvalue weighted by Gasteiger charge is 2.39. The number of aliphatic hydroxyl groups excluding tert-OH is 2. The van der Waals surface area contributed by atoms with Crippen molar-refractivity contribution in [2.45, 2.75) is 206 Å². The van der Waals surface area contributed by atoms with Gasteiger partial charge >= 0.3 is 5.97 Å². The predicted octanol–water partition coefficient (Wildman–Crippen LogP) is 4.15. The van der Waals surface area contributed by atoms with Crippen LogP contribution in [0.3, 0.4) is 0 Å². The first-order valence-electron chi connectivity index (χ1n) is 24.6. The van der Waals surface area contributed by atoms with E-state index in [2.05, 4.69) is 21.3 Å². The van der Waals surface area contributed by atoms with E-state index in [0.29, 0.717) is 24.8 Å². The van der Waals surface area contributed by atoms with Crippen LogP contribution in [0.15, 0.2) is 24.3 Å². The number of rotatable bonds is 24. The summed E-state index contributed by atoms with van der Waals surface area (Å²) >= 11 is 0. The predicted molar refractivity (Wildman–Crippen MR) is 256 cm³/mol. The van der Waals surface area contributed by atoms with Gasteiger partial charge in [0.05, 0.1) is 43.1 Å². The fraction of sp³-hybridized carbons (Fsp3) is 0.700. The number of phenolic OH excluding ortho intramolecular Hbond substituents is 1. The molecule has 0 aliphatic carbocycles. The minimum absolute atomic E-state index is 0.0495. The third-order valence-electron chi connectivity index (χ3n) is 12.6. The number of nitrogens with one attached hydrogen (secondary N) is 5. The smallest absolute Gasteiger partial charge is 0.309 e. The summed E-state index contributed by atoms with van der Waals surface area (Å²) < 4.78 is 5.66. The summed E-state index contributed by atoms with van der Waals surface area (Å²) in [4.78, 5) is 109. The van der Waals surface area contributed by atoms with Gasteiger partial charge in [-0.3, -0.25) is 38.4 Å². The molecule has 18 nitrogen and oxygen atoms in total. The van der Waals surface area contributed by atoms with Gasteiger partial charge in [0.15, 0.2) is 11.6 Å². The molecule has 0 aromatic heterocycles. The molecule has 0 spiro atoms. The second-order valence-electron chi connectivity index (χ2n) is 18.9. The zero-order chi connectivity index (χ0) is 50.9. The highest BCUT2D eigenvalue weighted by molar-refractivity contribution is 5.98. The molecule has 68 heavy (non-hydrogen) atoms. The Hall–Kier alpha value is -5.23. The van der Waals surface area contributed by atoms with Crippen LogP contribution in [0.5, 0.6) is 5.75 Å². The van der Waals surface area contributed by atoms with Crippen molar-refractivity contribution in [1.29, 1.82) is 5.41 Å². The van der Waals surface area contributed by atoms with Crippen LogP contribution in [0.2, 0.25) is 0 Å². The molecule has 5 amide bonds. The van der Waals surface area contributed by atoms with Crippen molar-refractivity contribution in [2.24, 2.45) is 23.5 Å². The SMILES string of the molecule is CCC(C)C1NC(=O)C(NC(=O)CC(O)CCCCCCCCCCCCCC(C)=N)C(C)OC(=O)C(C)CC(=O)C(CC(N)=O)NC(=O)C(C(C)O)NC(=O)C(Cc2ccc(O)cc2)CC1=O. The lowest BCUT2D eigenvalue weighted by Crippen LogP contribution is -2.58. The highest BCUT2D eigenvalue weighted by atomic mass is 16.5. The number of primary amides is 1. The monoisotopic (exact) mass is 957 g/mol. The van der Waals surface area contributed by atoms with Crippen LogP contribution >= 0.6 is 0 Å². The van der Waals surface area contributed by atoms with Crippen LogP contribution in [0.4, 0.5) is 0 Å².